The van der Waals surface area contributed by atoms with Crippen LogP contribution in [-0.2, 0) is 16.3 Å². The molecule has 0 radical (unpaired) electrons. The minimum atomic E-state index is -4.85. The maximum atomic E-state index is 12.0. The van der Waals surface area contributed by atoms with E-state index in [1.54, 1.807) is 0 Å². The van der Waals surface area contributed by atoms with Crippen LogP contribution in [0, 0.1) is 0 Å². The van der Waals surface area contributed by atoms with Crippen molar-refractivity contribution in [2.24, 2.45) is 0 Å². The third-order valence-electron chi connectivity index (χ3n) is 1.15. The average Bonchev–Trinajstić information content (AvgIpc) is 2.01. The van der Waals surface area contributed by atoms with Crippen molar-refractivity contribution in [2.45, 2.75) is 11.2 Å². The molecule has 0 aliphatic rings. The minimum absolute atomic E-state index is 0.596. The van der Waals surface area contributed by atoms with Crippen LogP contribution in [0.4, 0.5) is 13.2 Å². The van der Waals surface area contributed by atoms with Gasteiger partial charge in [0.2, 0.25) is 5.82 Å². The summed E-state index contributed by atoms with van der Waals surface area (Å²) in [6.45, 7) is 0. The number of hydrogen-bond donors (Lipinski definition) is 1. The molecular weight excluding hydrogens is 225 g/mol. The second-order valence-electron chi connectivity index (χ2n) is 2.19. The summed E-state index contributed by atoms with van der Waals surface area (Å²) in [4.78, 5) is 5.45. The van der Waals surface area contributed by atoms with Gasteiger partial charge in [0.1, 0.15) is 0 Å². The van der Waals surface area contributed by atoms with Gasteiger partial charge in [-0.15, -0.1) is 0 Å². The van der Waals surface area contributed by atoms with Gasteiger partial charge in [-0.1, -0.05) is 0 Å². The van der Waals surface area contributed by atoms with Crippen LogP contribution in [0.1, 0.15) is 5.82 Å². The number of alkyl halides is 3. The molecule has 1 N–H and O–H groups in total. The van der Waals surface area contributed by atoms with Crippen molar-refractivity contribution >= 4 is 10.1 Å². The summed E-state index contributed by atoms with van der Waals surface area (Å²) >= 11 is 0. The average molecular weight is 228 g/mol. The molecule has 0 aliphatic heterocycles. The quantitative estimate of drug-likeness (QED) is 0.566. The van der Waals surface area contributed by atoms with Crippen molar-refractivity contribution in [1.82, 2.24) is 9.97 Å². The highest BCUT2D eigenvalue weighted by Gasteiger charge is 2.35. The first kappa shape index (κ1) is 10.9. The first-order valence-corrected chi connectivity index (χ1v) is 4.53. The van der Waals surface area contributed by atoms with E-state index >= 15 is 0 Å². The van der Waals surface area contributed by atoms with Crippen LogP contribution in [0.5, 0.6) is 0 Å². The van der Waals surface area contributed by atoms with E-state index < -0.39 is 27.1 Å². The zero-order valence-corrected chi connectivity index (χ0v) is 7.17. The fraction of sp³-hybridized carbons (Fsp3) is 0.200. The van der Waals surface area contributed by atoms with E-state index in [0.717, 1.165) is 0 Å². The largest absolute Gasteiger partial charge is 0.451 e. The van der Waals surface area contributed by atoms with Crippen LogP contribution in [0.25, 0.3) is 0 Å². The minimum Gasteiger partial charge on any atom is -0.281 e. The van der Waals surface area contributed by atoms with Gasteiger partial charge in [0.25, 0.3) is 0 Å². The van der Waals surface area contributed by atoms with Crippen LogP contribution >= 0.6 is 0 Å². The van der Waals surface area contributed by atoms with Gasteiger partial charge < -0.3 is 0 Å². The van der Waals surface area contributed by atoms with Gasteiger partial charge in [0.05, 0.1) is 0 Å². The van der Waals surface area contributed by atoms with Gasteiger partial charge in [-0.2, -0.15) is 21.6 Å². The maximum absolute atomic E-state index is 12.0. The Bertz CT molecular complexity index is 442. The van der Waals surface area contributed by atoms with Gasteiger partial charge in [-0.25, -0.2) is 9.97 Å². The lowest BCUT2D eigenvalue weighted by Gasteiger charge is -2.04. The van der Waals surface area contributed by atoms with Crippen LogP contribution < -0.4 is 0 Å². The highest BCUT2D eigenvalue weighted by Crippen LogP contribution is 2.26. The van der Waals surface area contributed by atoms with Crippen molar-refractivity contribution in [1.29, 1.82) is 0 Å². The fourth-order valence-corrected chi connectivity index (χ4v) is 1.06. The van der Waals surface area contributed by atoms with E-state index in [-0.39, 0.29) is 0 Å². The molecule has 0 aromatic carbocycles. The predicted octanol–water partition coefficient (Wildman–Crippen LogP) is 0.742. The van der Waals surface area contributed by atoms with Gasteiger partial charge in [0.15, 0.2) is 5.03 Å². The second-order valence-corrected chi connectivity index (χ2v) is 3.56. The summed E-state index contributed by atoms with van der Waals surface area (Å²) < 4.78 is 65.1. The Kier molecular flexibility index (Phi) is 2.46. The topological polar surface area (TPSA) is 80.2 Å². The molecule has 0 amide bonds. The molecule has 1 aromatic rings. The molecule has 1 heterocycles. The standard InChI is InChI=1S/C5H3F3N2O3S/c6-5(7,8)4-9-2-1-3(10-4)14(11,12)13/h1-2H,(H,11,12,13). The zero-order valence-electron chi connectivity index (χ0n) is 6.35. The molecule has 78 valence electrons. The van der Waals surface area contributed by atoms with E-state index in [4.69, 9.17) is 4.55 Å². The van der Waals surface area contributed by atoms with Crippen molar-refractivity contribution in [3.63, 3.8) is 0 Å². The zero-order chi connectivity index (χ0) is 11.0. The summed E-state index contributed by atoms with van der Waals surface area (Å²) in [6.07, 6.45) is -4.25. The van der Waals surface area contributed by atoms with Crippen molar-refractivity contribution in [3.8, 4) is 0 Å². The Balaban J connectivity index is 3.29. The predicted molar refractivity (Wildman–Crippen MR) is 36.8 cm³/mol. The normalized spacial score (nSPS) is 12.9. The van der Waals surface area contributed by atoms with Crippen molar-refractivity contribution in [3.05, 3.63) is 18.1 Å². The summed E-state index contributed by atoms with van der Waals surface area (Å²) in [5, 5.41) is -1.08. The van der Waals surface area contributed by atoms with Gasteiger partial charge in [0, 0.05) is 6.20 Å². The molecule has 1 rings (SSSR count). The molecule has 1 aromatic heterocycles. The van der Waals surface area contributed by atoms with Crippen LogP contribution in [0.2, 0.25) is 0 Å². The Hall–Kier alpha value is -1.22. The molecule has 0 atom stereocenters. The Morgan fingerprint density at radius 3 is 2.36 bits per heavy atom. The molecule has 0 saturated carbocycles. The lowest BCUT2D eigenvalue weighted by Crippen LogP contribution is -2.13. The molecule has 0 fully saturated rings. The second kappa shape index (κ2) is 3.17. The van der Waals surface area contributed by atoms with E-state index in [1.165, 1.54) is 0 Å². The lowest BCUT2D eigenvalue weighted by atomic mass is 10.5. The third kappa shape index (κ3) is 2.39. The summed E-state index contributed by atoms with van der Waals surface area (Å²) in [5.41, 5.74) is 0. The summed E-state index contributed by atoms with van der Waals surface area (Å²) in [5.74, 6) is -1.62. The maximum Gasteiger partial charge on any atom is 0.451 e. The summed E-state index contributed by atoms with van der Waals surface area (Å²) in [7, 11) is -4.74. The van der Waals surface area contributed by atoms with Gasteiger partial charge in [-0.05, 0) is 6.07 Å². The Morgan fingerprint density at radius 2 is 1.93 bits per heavy atom. The van der Waals surface area contributed by atoms with Crippen LogP contribution in [0.15, 0.2) is 17.3 Å². The molecule has 14 heavy (non-hydrogen) atoms. The van der Waals surface area contributed by atoms with E-state index in [9.17, 15) is 21.6 Å². The third-order valence-corrected chi connectivity index (χ3v) is 1.90. The Labute approximate surface area is 76.4 Å². The number of rotatable bonds is 1. The Morgan fingerprint density at radius 1 is 1.36 bits per heavy atom. The number of nitrogens with zero attached hydrogens (tertiary/aromatic N) is 2. The first-order chi connectivity index (χ1) is 6.21. The highest BCUT2D eigenvalue weighted by molar-refractivity contribution is 7.85. The van der Waals surface area contributed by atoms with Crippen molar-refractivity contribution in [2.75, 3.05) is 0 Å². The highest BCUT2D eigenvalue weighted by atomic mass is 32.2. The molecule has 0 spiro atoms. The molecule has 0 aliphatic carbocycles. The SMILES string of the molecule is O=S(=O)(O)c1ccnc(C(F)(F)F)n1. The molecule has 0 unspecified atom stereocenters. The van der Waals surface area contributed by atoms with Crippen molar-refractivity contribution < 1.29 is 26.1 Å². The number of hydrogen-bond acceptors (Lipinski definition) is 4. The molecule has 0 saturated heterocycles. The number of aromatic nitrogens is 2. The van der Waals surface area contributed by atoms with E-state index in [2.05, 4.69) is 9.97 Å². The van der Waals surface area contributed by atoms with E-state index in [0.29, 0.717) is 12.3 Å². The van der Waals surface area contributed by atoms with E-state index in [1.807, 2.05) is 0 Å². The van der Waals surface area contributed by atoms with Crippen LogP contribution in [0.3, 0.4) is 0 Å². The molecule has 5 nitrogen and oxygen atoms in total. The molecule has 9 heteroatoms. The van der Waals surface area contributed by atoms with Gasteiger partial charge in [-0.3, -0.25) is 4.55 Å². The fourth-order valence-electron chi connectivity index (χ4n) is 0.622. The monoisotopic (exact) mass is 228 g/mol. The number of halogens is 3. The lowest BCUT2D eigenvalue weighted by molar-refractivity contribution is -0.145. The molecular formula is C5H3F3N2O3S. The summed E-state index contributed by atoms with van der Waals surface area (Å²) in [6, 6.07) is 0.657. The van der Waals surface area contributed by atoms with Gasteiger partial charge >= 0.3 is 16.3 Å². The smallest absolute Gasteiger partial charge is 0.281 e. The van der Waals surface area contributed by atoms with Crippen LogP contribution in [-0.4, -0.2) is 22.9 Å². The first-order valence-electron chi connectivity index (χ1n) is 3.09. The molecule has 0 bridgehead atoms.